The van der Waals surface area contributed by atoms with E-state index in [0.717, 1.165) is 19.2 Å². The summed E-state index contributed by atoms with van der Waals surface area (Å²) in [4.78, 5) is 22.5. The molecule has 0 unspecified atom stereocenters. The zero-order valence-electron chi connectivity index (χ0n) is 11.4. The molecule has 0 fully saturated rings. The number of hydrogen-bond donors (Lipinski definition) is 2. The molecule has 0 heterocycles. The lowest BCUT2D eigenvalue weighted by Gasteiger charge is -2.19. The van der Waals surface area contributed by atoms with E-state index in [1.807, 2.05) is 5.32 Å². The molecule has 2 atom stereocenters. The number of amides is 2. The fourth-order valence-corrected chi connectivity index (χ4v) is 1.59. The number of benzene rings is 1. The van der Waals surface area contributed by atoms with Crippen LogP contribution in [0.15, 0.2) is 18.2 Å². The molecule has 0 aliphatic rings. The second-order valence-electron chi connectivity index (χ2n) is 4.26. The summed E-state index contributed by atoms with van der Waals surface area (Å²) in [7, 11) is 1.14. The molecule has 1 aromatic carbocycles. The molecular formula is C13H16F2N2O3. The Morgan fingerprint density at radius 3 is 2.40 bits per heavy atom. The van der Waals surface area contributed by atoms with E-state index in [9.17, 15) is 18.4 Å². The Morgan fingerprint density at radius 1 is 1.20 bits per heavy atom. The number of ether oxygens (including phenoxy) is 1. The van der Waals surface area contributed by atoms with Crippen molar-refractivity contribution in [3.63, 3.8) is 0 Å². The Hall–Kier alpha value is -2.02. The van der Waals surface area contributed by atoms with Crippen molar-refractivity contribution in [1.82, 2.24) is 10.6 Å². The van der Waals surface area contributed by atoms with E-state index in [1.165, 1.54) is 13.0 Å². The average Bonchev–Trinajstić information content (AvgIpc) is 2.41. The Balaban J connectivity index is 2.64. The minimum atomic E-state index is -0.956. The smallest absolute Gasteiger partial charge is 0.413 e. The normalized spacial score (nSPS) is 13.4. The summed E-state index contributed by atoms with van der Waals surface area (Å²) in [5.41, 5.74) is 0.488. The number of carbonyl (C=O) groups excluding carboxylic acids is 2. The van der Waals surface area contributed by atoms with Gasteiger partial charge >= 0.3 is 6.09 Å². The molecule has 0 saturated carbocycles. The molecule has 0 aliphatic heterocycles. The molecule has 0 bridgehead atoms. The third-order valence-corrected chi connectivity index (χ3v) is 2.75. The van der Waals surface area contributed by atoms with Crippen LogP contribution in [0, 0.1) is 11.6 Å². The molecule has 20 heavy (non-hydrogen) atoms. The van der Waals surface area contributed by atoms with E-state index in [-0.39, 0.29) is 0 Å². The molecule has 1 rings (SSSR count). The summed E-state index contributed by atoms with van der Waals surface area (Å²) in [6, 6.07) is 2.38. The van der Waals surface area contributed by atoms with Gasteiger partial charge in [-0.2, -0.15) is 0 Å². The van der Waals surface area contributed by atoms with Gasteiger partial charge in [0.25, 0.3) is 0 Å². The summed E-state index contributed by atoms with van der Waals surface area (Å²) >= 11 is 0. The van der Waals surface area contributed by atoms with Gasteiger partial charge in [-0.25, -0.2) is 13.6 Å². The lowest BCUT2D eigenvalue weighted by Crippen LogP contribution is -2.45. The first kappa shape index (κ1) is 16.0. The van der Waals surface area contributed by atoms with Crippen LogP contribution in [-0.4, -0.2) is 25.2 Å². The highest BCUT2D eigenvalue weighted by molar-refractivity contribution is 5.94. The first-order valence-corrected chi connectivity index (χ1v) is 5.95. The van der Waals surface area contributed by atoms with Crippen molar-refractivity contribution in [1.29, 1.82) is 0 Å². The number of methoxy groups -OCH3 is 1. The fraction of sp³-hybridized carbons (Fsp3) is 0.385. The van der Waals surface area contributed by atoms with Gasteiger partial charge in [-0.15, -0.1) is 0 Å². The molecule has 1 aromatic rings. The molecule has 5 nitrogen and oxygen atoms in total. The number of hydrogen-bond acceptors (Lipinski definition) is 4. The SMILES string of the molecule is COC(=O)NC(=O)[C@@H](C)N[C@@H](C)c1ccc(F)c(F)c1. The lowest BCUT2D eigenvalue weighted by molar-refractivity contribution is -0.122. The minimum absolute atomic E-state index is 0.400. The fourth-order valence-electron chi connectivity index (χ4n) is 1.59. The van der Waals surface area contributed by atoms with Crippen molar-refractivity contribution in [2.45, 2.75) is 25.9 Å². The van der Waals surface area contributed by atoms with Crippen LogP contribution >= 0.6 is 0 Å². The lowest BCUT2D eigenvalue weighted by atomic mass is 10.1. The first-order chi connectivity index (χ1) is 9.35. The van der Waals surface area contributed by atoms with Crippen molar-refractivity contribution < 1.29 is 23.1 Å². The maximum Gasteiger partial charge on any atom is 0.413 e. The molecule has 0 aromatic heterocycles. The van der Waals surface area contributed by atoms with Crippen LogP contribution in [0.2, 0.25) is 0 Å². The largest absolute Gasteiger partial charge is 0.453 e. The van der Waals surface area contributed by atoms with Gasteiger partial charge in [0.15, 0.2) is 11.6 Å². The van der Waals surface area contributed by atoms with Gasteiger partial charge < -0.3 is 4.74 Å². The third kappa shape index (κ3) is 4.27. The van der Waals surface area contributed by atoms with Crippen molar-refractivity contribution in [2.75, 3.05) is 7.11 Å². The van der Waals surface area contributed by atoms with Crippen LogP contribution in [0.5, 0.6) is 0 Å². The number of halogens is 2. The van der Waals surface area contributed by atoms with E-state index < -0.39 is 35.7 Å². The highest BCUT2D eigenvalue weighted by Crippen LogP contribution is 2.16. The molecule has 7 heteroatoms. The van der Waals surface area contributed by atoms with Crippen molar-refractivity contribution in [2.24, 2.45) is 0 Å². The van der Waals surface area contributed by atoms with Crippen LogP contribution in [0.3, 0.4) is 0 Å². The van der Waals surface area contributed by atoms with Crippen molar-refractivity contribution >= 4 is 12.0 Å². The number of rotatable bonds is 4. The third-order valence-electron chi connectivity index (χ3n) is 2.75. The second kappa shape index (κ2) is 6.95. The highest BCUT2D eigenvalue weighted by Gasteiger charge is 2.19. The summed E-state index contributed by atoms with van der Waals surface area (Å²) in [5.74, 6) is -2.47. The van der Waals surface area contributed by atoms with Gasteiger partial charge in [0.05, 0.1) is 13.2 Å². The van der Waals surface area contributed by atoms with Crippen LogP contribution in [0.25, 0.3) is 0 Å². The zero-order valence-corrected chi connectivity index (χ0v) is 11.4. The second-order valence-corrected chi connectivity index (χ2v) is 4.26. The van der Waals surface area contributed by atoms with Gasteiger partial charge in [0, 0.05) is 6.04 Å². The van der Waals surface area contributed by atoms with E-state index >= 15 is 0 Å². The number of alkyl carbamates (subject to hydrolysis) is 1. The van der Waals surface area contributed by atoms with Gasteiger partial charge in [0.2, 0.25) is 5.91 Å². The van der Waals surface area contributed by atoms with Gasteiger partial charge in [-0.05, 0) is 31.5 Å². The summed E-state index contributed by atoms with van der Waals surface area (Å²) in [6.07, 6.45) is -0.857. The van der Waals surface area contributed by atoms with Crippen molar-refractivity contribution in [3.05, 3.63) is 35.4 Å². The van der Waals surface area contributed by atoms with Crippen LogP contribution in [0.4, 0.5) is 13.6 Å². The Bertz CT molecular complexity index is 508. The highest BCUT2D eigenvalue weighted by atomic mass is 19.2. The maximum atomic E-state index is 13.1. The minimum Gasteiger partial charge on any atom is -0.453 e. The van der Waals surface area contributed by atoms with Crippen LogP contribution in [0.1, 0.15) is 25.5 Å². The van der Waals surface area contributed by atoms with E-state index in [4.69, 9.17) is 0 Å². The first-order valence-electron chi connectivity index (χ1n) is 5.95. The van der Waals surface area contributed by atoms with Crippen molar-refractivity contribution in [3.8, 4) is 0 Å². The average molecular weight is 286 g/mol. The zero-order chi connectivity index (χ0) is 15.3. The Labute approximate surface area is 115 Å². The van der Waals surface area contributed by atoms with Gasteiger partial charge in [0.1, 0.15) is 0 Å². The predicted octanol–water partition coefficient (Wildman–Crippen LogP) is 1.89. The van der Waals surface area contributed by atoms with Crippen LogP contribution < -0.4 is 10.6 Å². The molecule has 0 aliphatic carbocycles. The number of carbonyl (C=O) groups is 2. The molecular weight excluding hydrogens is 270 g/mol. The number of imide groups is 1. The quantitative estimate of drug-likeness (QED) is 0.887. The molecule has 0 radical (unpaired) electrons. The molecule has 2 amide bonds. The van der Waals surface area contributed by atoms with E-state index in [2.05, 4.69) is 10.1 Å². The maximum absolute atomic E-state index is 13.1. The van der Waals surface area contributed by atoms with Gasteiger partial charge in [-0.1, -0.05) is 6.07 Å². The topological polar surface area (TPSA) is 67.4 Å². The summed E-state index contributed by atoms with van der Waals surface area (Å²) in [5, 5.41) is 4.87. The monoisotopic (exact) mass is 286 g/mol. The van der Waals surface area contributed by atoms with E-state index in [1.54, 1.807) is 6.92 Å². The Kier molecular flexibility index (Phi) is 5.57. The summed E-state index contributed by atoms with van der Waals surface area (Å²) < 4.78 is 30.2. The predicted molar refractivity (Wildman–Crippen MR) is 67.9 cm³/mol. The standard InChI is InChI=1S/C13H16F2N2O3/c1-7(9-4-5-10(14)11(15)6-9)16-8(2)12(18)17-13(19)20-3/h4-8,16H,1-3H3,(H,17,18,19)/t7-,8+/m0/s1. The van der Waals surface area contributed by atoms with E-state index in [0.29, 0.717) is 5.56 Å². The molecule has 110 valence electrons. The summed E-state index contributed by atoms with van der Waals surface area (Å²) in [6.45, 7) is 3.23. The molecule has 0 saturated heterocycles. The van der Waals surface area contributed by atoms with Gasteiger partial charge in [-0.3, -0.25) is 15.4 Å². The van der Waals surface area contributed by atoms with Crippen LogP contribution in [-0.2, 0) is 9.53 Å². The Morgan fingerprint density at radius 2 is 1.85 bits per heavy atom. The molecule has 0 spiro atoms. The number of nitrogens with one attached hydrogen (secondary N) is 2. The molecule has 2 N–H and O–H groups in total.